The van der Waals surface area contributed by atoms with Crippen molar-refractivity contribution < 1.29 is 40.6 Å². The van der Waals surface area contributed by atoms with Gasteiger partial charge in [0.1, 0.15) is 0 Å². The predicted octanol–water partition coefficient (Wildman–Crippen LogP) is 2.59. The van der Waals surface area contributed by atoms with Crippen molar-refractivity contribution >= 4 is 5.97 Å². The largest absolute Gasteiger partial charge is 0 e. The van der Waals surface area contributed by atoms with Gasteiger partial charge in [-0.15, -0.1) is 0 Å². The van der Waals surface area contributed by atoms with Gasteiger partial charge in [-0.3, -0.25) is 4.79 Å². The van der Waals surface area contributed by atoms with Crippen LogP contribution in [0.2, 0.25) is 0 Å². The summed E-state index contributed by atoms with van der Waals surface area (Å²) in [4.78, 5) is 11.0. The maximum atomic E-state index is 11.0. The first-order valence-electron chi connectivity index (χ1n) is 5.24. The van der Waals surface area contributed by atoms with Crippen LogP contribution < -0.4 is 0 Å². The van der Waals surface area contributed by atoms with Gasteiger partial charge in [-0.1, -0.05) is 38.7 Å². The van der Waals surface area contributed by atoms with Crippen LogP contribution >= 0.6 is 0 Å². The molecule has 0 aromatic rings. The van der Waals surface area contributed by atoms with Gasteiger partial charge in [-0.25, -0.2) is 0 Å². The van der Waals surface area contributed by atoms with E-state index >= 15 is 0 Å². The number of ether oxygens (including phenoxy) is 1. The van der Waals surface area contributed by atoms with E-state index in [2.05, 4.69) is 26.5 Å². The summed E-state index contributed by atoms with van der Waals surface area (Å²) >= 11 is 0. The van der Waals surface area contributed by atoms with E-state index in [1.165, 1.54) is 0 Å². The standard InChI is InChI=1S/C11H18O2.3CO.Fe/c1-4-5-6-7-8-9-13-11(12)10(2)3;3*1-2;/h4-6,10H,1,7-9H2,2-3H3;;;;/b6-5-;;;;. The first-order valence-corrected chi connectivity index (χ1v) is 5.24. The molecule has 0 bridgehead atoms. The van der Waals surface area contributed by atoms with E-state index in [-0.39, 0.29) is 29.0 Å². The summed E-state index contributed by atoms with van der Waals surface area (Å²) in [5, 5.41) is 0. The summed E-state index contributed by atoms with van der Waals surface area (Å²) in [6.07, 6.45) is 7.45. The van der Waals surface area contributed by atoms with Crippen molar-refractivity contribution in [2.24, 2.45) is 5.92 Å². The van der Waals surface area contributed by atoms with Crippen LogP contribution in [0.1, 0.15) is 26.7 Å². The SMILES string of the molecule is C=C/C=C\CCCOC(=O)C(C)C.[C-]#[O+].[C-]#[O+].[C-]#[O+].[Fe]. The fourth-order valence-corrected chi connectivity index (χ4v) is 0.733. The van der Waals surface area contributed by atoms with Crippen LogP contribution in [0.5, 0.6) is 0 Å². The molecule has 0 saturated heterocycles. The molecule has 0 heterocycles. The Morgan fingerprint density at radius 2 is 1.65 bits per heavy atom. The third-order valence-electron chi connectivity index (χ3n) is 1.50. The zero-order valence-electron chi connectivity index (χ0n) is 11.5. The molecule has 0 amide bonds. The van der Waals surface area contributed by atoms with Crippen LogP contribution in [-0.4, -0.2) is 12.6 Å². The molecule has 0 saturated carbocycles. The molecule has 0 spiro atoms. The minimum Gasteiger partial charge on any atom is 0 e. The van der Waals surface area contributed by atoms with Crippen molar-refractivity contribution in [2.45, 2.75) is 26.7 Å². The predicted molar refractivity (Wildman–Crippen MR) is 66.2 cm³/mol. The topological polar surface area (TPSA) is 86.0 Å². The normalized spacial score (nSPS) is 7.25. The van der Waals surface area contributed by atoms with Gasteiger partial charge < -0.3 is 4.74 Å². The van der Waals surface area contributed by atoms with E-state index in [0.29, 0.717) is 6.61 Å². The molecular formula is C14H18FeO5. The van der Waals surface area contributed by atoms with Crippen LogP contribution in [-0.2, 0) is 40.6 Å². The minimum atomic E-state index is -0.118. The van der Waals surface area contributed by atoms with Gasteiger partial charge in [-0.2, -0.15) is 0 Å². The van der Waals surface area contributed by atoms with E-state index in [9.17, 15) is 4.79 Å². The Bertz CT molecular complexity index is 275. The van der Waals surface area contributed by atoms with Gasteiger partial charge in [0.25, 0.3) is 0 Å². The van der Waals surface area contributed by atoms with Gasteiger partial charge >= 0.3 is 39.9 Å². The Hall–Kier alpha value is -1.31. The van der Waals surface area contributed by atoms with Gasteiger partial charge in [0.2, 0.25) is 0 Å². The molecule has 0 atom stereocenters. The Morgan fingerprint density at radius 3 is 2.00 bits per heavy atom. The third-order valence-corrected chi connectivity index (χ3v) is 1.50. The minimum absolute atomic E-state index is 0. The van der Waals surface area contributed by atoms with Crippen molar-refractivity contribution in [3.63, 3.8) is 0 Å². The average molecular weight is 322 g/mol. The van der Waals surface area contributed by atoms with Crippen LogP contribution in [0.25, 0.3) is 0 Å². The van der Waals surface area contributed by atoms with Gasteiger partial charge in [0.15, 0.2) is 0 Å². The number of rotatable bonds is 6. The molecule has 0 fully saturated rings. The van der Waals surface area contributed by atoms with Crippen molar-refractivity contribution in [1.29, 1.82) is 0 Å². The second-order valence-corrected chi connectivity index (χ2v) is 3.13. The Balaban J connectivity index is -0.0000000940. The molecule has 0 radical (unpaired) electrons. The molecule has 0 N–H and O–H groups in total. The maximum Gasteiger partial charge on any atom is 0 e. The Kier molecular flexibility index (Phi) is 56.3. The van der Waals surface area contributed by atoms with Crippen molar-refractivity contribution in [3.8, 4) is 0 Å². The molecule has 0 aromatic heterocycles. The summed E-state index contributed by atoms with van der Waals surface area (Å²) in [5.41, 5.74) is 0. The number of carbonyl (C=O) groups is 1. The molecule has 6 heteroatoms. The Morgan fingerprint density at radius 1 is 1.20 bits per heavy atom. The molecule has 0 aromatic carbocycles. The van der Waals surface area contributed by atoms with Crippen molar-refractivity contribution in [3.05, 3.63) is 44.8 Å². The monoisotopic (exact) mass is 322 g/mol. The number of esters is 1. The summed E-state index contributed by atoms with van der Waals surface area (Å²) in [6, 6.07) is 0. The second kappa shape index (κ2) is 36.1. The molecule has 5 nitrogen and oxygen atoms in total. The molecule has 20 heavy (non-hydrogen) atoms. The fraction of sp³-hybridized carbons (Fsp3) is 0.429. The summed E-state index contributed by atoms with van der Waals surface area (Å²) < 4.78 is 27.5. The number of hydrogen-bond donors (Lipinski definition) is 0. The summed E-state index contributed by atoms with van der Waals surface area (Å²) in [6.45, 7) is 21.2. The quantitative estimate of drug-likeness (QED) is 0.188. The second-order valence-electron chi connectivity index (χ2n) is 3.13. The summed E-state index contributed by atoms with van der Waals surface area (Å²) in [7, 11) is 0. The fourth-order valence-electron chi connectivity index (χ4n) is 0.733. The van der Waals surface area contributed by atoms with Gasteiger partial charge in [-0.05, 0) is 12.8 Å². The van der Waals surface area contributed by atoms with Crippen LogP contribution in [0.4, 0.5) is 0 Å². The molecule has 0 unspecified atom stereocenters. The first kappa shape index (κ1) is 31.2. The average Bonchev–Trinajstić information content (AvgIpc) is 2.48. The number of unbranched alkanes of at least 4 members (excludes halogenated alkanes) is 1. The van der Waals surface area contributed by atoms with Crippen molar-refractivity contribution in [1.82, 2.24) is 0 Å². The number of allylic oxidation sites excluding steroid dienone is 3. The molecular weight excluding hydrogens is 304 g/mol. The molecule has 0 aliphatic carbocycles. The smallest absolute Gasteiger partial charge is 0 e. The zero-order chi connectivity index (χ0) is 16.1. The number of hydrogen-bond acceptors (Lipinski definition) is 2. The molecule has 112 valence electrons. The van der Waals surface area contributed by atoms with E-state index in [1.54, 1.807) is 6.08 Å². The molecule has 0 rings (SSSR count). The van der Waals surface area contributed by atoms with E-state index in [0.717, 1.165) is 12.8 Å². The van der Waals surface area contributed by atoms with Crippen LogP contribution in [0.15, 0.2) is 24.8 Å². The van der Waals surface area contributed by atoms with Gasteiger partial charge in [0, 0.05) is 17.1 Å². The van der Waals surface area contributed by atoms with Crippen LogP contribution in [0, 0.1) is 25.9 Å². The van der Waals surface area contributed by atoms with E-state index < -0.39 is 0 Å². The van der Waals surface area contributed by atoms with Crippen LogP contribution in [0.3, 0.4) is 0 Å². The van der Waals surface area contributed by atoms with E-state index in [4.69, 9.17) is 18.7 Å². The van der Waals surface area contributed by atoms with E-state index in [1.807, 2.05) is 26.0 Å². The van der Waals surface area contributed by atoms with Gasteiger partial charge in [0.05, 0.1) is 12.5 Å². The number of carbonyl (C=O) groups excluding carboxylic acids is 1. The zero-order valence-corrected chi connectivity index (χ0v) is 12.6. The Labute approximate surface area is 131 Å². The summed E-state index contributed by atoms with van der Waals surface area (Å²) in [5.74, 6) is -0.142. The molecule has 0 aliphatic rings. The van der Waals surface area contributed by atoms with Crippen molar-refractivity contribution in [2.75, 3.05) is 6.61 Å². The third kappa shape index (κ3) is 36.0. The first-order chi connectivity index (χ1) is 9.18. The maximum absolute atomic E-state index is 11.0. The molecule has 0 aliphatic heterocycles.